The summed E-state index contributed by atoms with van der Waals surface area (Å²) >= 11 is 0. The molecule has 2 aromatic heterocycles. The molecule has 0 aliphatic carbocycles. The van der Waals surface area contributed by atoms with Gasteiger partial charge >= 0.3 is 0 Å². The summed E-state index contributed by atoms with van der Waals surface area (Å²) in [6.07, 6.45) is 3.31. The van der Waals surface area contributed by atoms with Gasteiger partial charge in [0, 0.05) is 17.8 Å². The molecule has 0 aliphatic rings. The van der Waals surface area contributed by atoms with Crippen LogP contribution in [-0.2, 0) is 0 Å². The lowest BCUT2D eigenvalue weighted by Gasteiger charge is -2.03. The summed E-state index contributed by atoms with van der Waals surface area (Å²) < 4.78 is 1.03. The number of aromatic nitrogens is 2. The van der Waals surface area contributed by atoms with Gasteiger partial charge < -0.3 is 14.5 Å². The lowest BCUT2D eigenvalue weighted by Crippen LogP contribution is -2.27. The second-order valence-electron chi connectivity index (χ2n) is 2.39. The van der Waals surface area contributed by atoms with Gasteiger partial charge in [0.25, 0.3) is 0 Å². The Hall–Kier alpha value is -1.84. The zero-order valence-corrected chi connectivity index (χ0v) is 6.10. The first-order chi connectivity index (χ1) is 5.79. The van der Waals surface area contributed by atoms with E-state index in [1.165, 1.54) is 12.4 Å². The number of carbonyl (C=O) groups excluding carboxylic acids is 1. The van der Waals surface area contributed by atoms with Crippen molar-refractivity contribution in [1.29, 1.82) is 0 Å². The molecular formula is C8H5N2O2-. The zero-order chi connectivity index (χ0) is 8.55. The molecule has 2 rings (SSSR count). The van der Waals surface area contributed by atoms with Gasteiger partial charge in [0.2, 0.25) is 0 Å². The van der Waals surface area contributed by atoms with Crippen LogP contribution in [0.25, 0.3) is 10.9 Å². The van der Waals surface area contributed by atoms with Crippen LogP contribution in [-0.4, -0.2) is 15.6 Å². The number of rotatable bonds is 0. The van der Waals surface area contributed by atoms with Crippen LogP contribution in [0.4, 0.5) is 4.79 Å². The quantitative estimate of drug-likeness (QED) is 0.555. The molecule has 12 heavy (non-hydrogen) atoms. The molecular weight excluding hydrogens is 156 g/mol. The maximum atomic E-state index is 10.5. The molecule has 0 fully saturated rings. The monoisotopic (exact) mass is 161 g/mol. The number of hydrogen-bond acceptors (Lipinski definition) is 3. The molecule has 2 heterocycles. The molecule has 4 nitrogen and oxygen atoms in total. The number of carbonyl (C=O) groups is 1. The summed E-state index contributed by atoms with van der Waals surface area (Å²) in [6, 6.07) is 3.45. The molecule has 0 saturated carbocycles. The average molecular weight is 161 g/mol. The summed E-state index contributed by atoms with van der Waals surface area (Å²) in [4.78, 5) is 14.3. The molecule has 4 heteroatoms. The normalized spacial score (nSPS) is 10.3. The summed E-state index contributed by atoms with van der Waals surface area (Å²) in [5.74, 6) is 0. The van der Waals surface area contributed by atoms with E-state index in [9.17, 15) is 9.90 Å². The van der Waals surface area contributed by atoms with Crippen LogP contribution in [0.15, 0.2) is 30.7 Å². The highest BCUT2D eigenvalue weighted by molar-refractivity contribution is 5.87. The SMILES string of the molecule is O=C([O-])n1ccc2ccncc21. The van der Waals surface area contributed by atoms with Crippen LogP contribution in [0, 0.1) is 0 Å². The highest BCUT2D eigenvalue weighted by Crippen LogP contribution is 2.12. The third-order valence-corrected chi connectivity index (χ3v) is 1.69. The topological polar surface area (TPSA) is 57.9 Å². The van der Waals surface area contributed by atoms with Crippen molar-refractivity contribution in [3.63, 3.8) is 0 Å². The molecule has 0 radical (unpaired) electrons. The van der Waals surface area contributed by atoms with Crippen molar-refractivity contribution < 1.29 is 9.90 Å². The number of hydrogen-bond donors (Lipinski definition) is 0. The highest BCUT2D eigenvalue weighted by atomic mass is 16.4. The highest BCUT2D eigenvalue weighted by Gasteiger charge is 1.98. The van der Waals surface area contributed by atoms with Crippen molar-refractivity contribution in [2.45, 2.75) is 0 Å². The van der Waals surface area contributed by atoms with Gasteiger partial charge in [-0.2, -0.15) is 0 Å². The first-order valence-electron chi connectivity index (χ1n) is 3.41. The van der Waals surface area contributed by atoms with Crippen LogP contribution in [0.2, 0.25) is 0 Å². The number of fused-ring (bicyclic) bond motifs is 1. The standard InChI is InChI=1S/C8H6N2O2/c11-8(12)10-4-2-6-1-3-9-5-7(6)10/h1-5H,(H,11,12)/p-1. The van der Waals surface area contributed by atoms with Crippen LogP contribution in [0.1, 0.15) is 0 Å². The van der Waals surface area contributed by atoms with E-state index in [1.807, 2.05) is 0 Å². The Bertz CT molecular complexity index is 433. The molecule has 0 unspecified atom stereocenters. The Kier molecular flexibility index (Phi) is 1.33. The van der Waals surface area contributed by atoms with Crippen molar-refractivity contribution in [3.05, 3.63) is 30.7 Å². The molecule has 0 atom stereocenters. The maximum Gasteiger partial charge on any atom is 0.146 e. The number of pyridine rings is 1. The summed E-state index contributed by atoms with van der Waals surface area (Å²) in [7, 11) is 0. The van der Waals surface area contributed by atoms with Gasteiger partial charge in [0.15, 0.2) is 0 Å². The van der Waals surface area contributed by atoms with E-state index in [2.05, 4.69) is 4.98 Å². The summed E-state index contributed by atoms with van der Waals surface area (Å²) in [6.45, 7) is 0. The second kappa shape index (κ2) is 2.34. The molecule has 0 bridgehead atoms. The van der Waals surface area contributed by atoms with E-state index in [-0.39, 0.29) is 0 Å². The van der Waals surface area contributed by atoms with Gasteiger partial charge in [0.05, 0.1) is 11.7 Å². The smallest absolute Gasteiger partial charge is 0.146 e. The third kappa shape index (κ3) is 0.852. The molecule has 0 amide bonds. The Morgan fingerprint density at radius 2 is 2.33 bits per heavy atom. The van der Waals surface area contributed by atoms with Crippen LogP contribution in [0.5, 0.6) is 0 Å². The van der Waals surface area contributed by atoms with Gasteiger partial charge in [-0.15, -0.1) is 0 Å². The van der Waals surface area contributed by atoms with Crippen molar-refractivity contribution in [3.8, 4) is 0 Å². The Labute approximate surface area is 68.1 Å². The van der Waals surface area contributed by atoms with E-state index >= 15 is 0 Å². The second-order valence-corrected chi connectivity index (χ2v) is 2.39. The molecule has 0 aromatic carbocycles. The summed E-state index contributed by atoms with van der Waals surface area (Å²) in [5.41, 5.74) is 0.553. The molecule has 0 aliphatic heterocycles. The van der Waals surface area contributed by atoms with E-state index in [0.29, 0.717) is 5.52 Å². The molecule has 0 spiro atoms. The van der Waals surface area contributed by atoms with Gasteiger partial charge in [0.1, 0.15) is 6.09 Å². The average Bonchev–Trinajstić information content (AvgIpc) is 2.47. The lowest BCUT2D eigenvalue weighted by atomic mass is 10.3. The van der Waals surface area contributed by atoms with Gasteiger partial charge in [-0.05, 0) is 12.1 Å². The predicted octanol–water partition coefficient (Wildman–Crippen LogP) is 0.228. The molecule has 60 valence electrons. The van der Waals surface area contributed by atoms with Crippen LogP contribution < -0.4 is 5.11 Å². The van der Waals surface area contributed by atoms with Gasteiger partial charge in [-0.1, -0.05) is 0 Å². The fourth-order valence-electron chi connectivity index (χ4n) is 1.13. The van der Waals surface area contributed by atoms with Crippen molar-refractivity contribution >= 4 is 17.0 Å². The lowest BCUT2D eigenvalue weighted by molar-refractivity contribution is -0.249. The maximum absolute atomic E-state index is 10.5. The van der Waals surface area contributed by atoms with Crippen molar-refractivity contribution in [2.24, 2.45) is 0 Å². The molecule has 0 N–H and O–H groups in total. The van der Waals surface area contributed by atoms with E-state index in [4.69, 9.17) is 0 Å². The minimum absolute atomic E-state index is 0.553. The molecule has 0 saturated heterocycles. The first-order valence-corrected chi connectivity index (χ1v) is 3.41. The molecule has 2 aromatic rings. The van der Waals surface area contributed by atoms with E-state index in [0.717, 1.165) is 9.95 Å². The zero-order valence-electron chi connectivity index (χ0n) is 6.10. The third-order valence-electron chi connectivity index (χ3n) is 1.69. The first kappa shape index (κ1) is 6.84. The fraction of sp³-hybridized carbons (Fsp3) is 0. The van der Waals surface area contributed by atoms with E-state index < -0.39 is 6.09 Å². The van der Waals surface area contributed by atoms with Crippen LogP contribution in [0.3, 0.4) is 0 Å². The van der Waals surface area contributed by atoms with Gasteiger partial charge in [-0.25, -0.2) is 0 Å². The predicted molar refractivity (Wildman–Crippen MR) is 40.5 cm³/mol. The Morgan fingerprint density at radius 1 is 1.50 bits per heavy atom. The Morgan fingerprint density at radius 3 is 3.08 bits per heavy atom. The minimum Gasteiger partial charge on any atom is -0.529 e. The summed E-state index contributed by atoms with van der Waals surface area (Å²) in [5, 5.41) is 11.3. The fourth-order valence-corrected chi connectivity index (χ4v) is 1.13. The number of carboxylic acid groups (broad SMARTS) is 1. The van der Waals surface area contributed by atoms with Crippen molar-refractivity contribution in [1.82, 2.24) is 9.55 Å². The van der Waals surface area contributed by atoms with E-state index in [1.54, 1.807) is 18.3 Å². The van der Waals surface area contributed by atoms with Gasteiger partial charge in [-0.3, -0.25) is 4.98 Å². The largest absolute Gasteiger partial charge is 0.529 e. The number of nitrogens with zero attached hydrogens (tertiary/aromatic N) is 2. The van der Waals surface area contributed by atoms with Crippen molar-refractivity contribution in [2.75, 3.05) is 0 Å². The Balaban J connectivity index is 2.79. The van der Waals surface area contributed by atoms with Crippen LogP contribution >= 0.6 is 0 Å². The minimum atomic E-state index is -1.24.